The van der Waals surface area contributed by atoms with Crippen LogP contribution in [-0.2, 0) is 21.3 Å². The van der Waals surface area contributed by atoms with Gasteiger partial charge in [-0.3, -0.25) is 4.90 Å². The molecular formula is C24H30N4O4S2. The minimum Gasteiger partial charge on any atom is -0.497 e. The third kappa shape index (κ3) is 5.59. The molecule has 2 heterocycles. The fraction of sp³-hybridized carbons (Fsp3) is 0.375. The second-order valence-electron chi connectivity index (χ2n) is 8.13. The van der Waals surface area contributed by atoms with Gasteiger partial charge in [0, 0.05) is 45.7 Å². The Bertz CT molecular complexity index is 1260. The van der Waals surface area contributed by atoms with Gasteiger partial charge in [-0.25, -0.2) is 17.7 Å². The SMILES string of the molecule is COc1ccc(N=c2scc(-c3ccc(S(=O)(=O)N(C)C)cc3)n2CCN2CCOCC2)cc1. The van der Waals surface area contributed by atoms with Gasteiger partial charge in [0.15, 0.2) is 4.80 Å². The monoisotopic (exact) mass is 502 g/mol. The molecule has 1 saturated heterocycles. The summed E-state index contributed by atoms with van der Waals surface area (Å²) < 4.78 is 39.1. The smallest absolute Gasteiger partial charge is 0.242 e. The highest BCUT2D eigenvalue weighted by molar-refractivity contribution is 7.89. The predicted octanol–water partition coefficient (Wildman–Crippen LogP) is 3.04. The minimum absolute atomic E-state index is 0.277. The Hall–Kier alpha value is -2.50. The number of hydrogen-bond donors (Lipinski definition) is 0. The molecule has 0 N–H and O–H groups in total. The molecule has 1 aliphatic heterocycles. The van der Waals surface area contributed by atoms with Gasteiger partial charge < -0.3 is 14.0 Å². The van der Waals surface area contributed by atoms with Gasteiger partial charge in [0.05, 0.1) is 36.6 Å². The summed E-state index contributed by atoms with van der Waals surface area (Å²) in [6.07, 6.45) is 0. The number of hydrogen-bond acceptors (Lipinski definition) is 7. The van der Waals surface area contributed by atoms with Crippen LogP contribution in [0.3, 0.4) is 0 Å². The zero-order chi connectivity index (χ0) is 24.1. The van der Waals surface area contributed by atoms with Crippen molar-refractivity contribution in [1.82, 2.24) is 13.8 Å². The molecule has 0 spiro atoms. The second kappa shape index (κ2) is 10.8. The van der Waals surface area contributed by atoms with Crippen LogP contribution in [0.2, 0.25) is 0 Å². The van der Waals surface area contributed by atoms with Crippen molar-refractivity contribution >= 4 is 27.0 Å². The van der Waals surface area contributed by atoms with Crippen LogP contribution in [0.25, 0.3) is 11.3 Å². The van der Waals surface area contributed by atoms with E-state index in [1.165, 1.54) is 18.4 Å². The largest absolute Gasteiger partial charge is 0.497 e. The molecule has 0 radical (unpaired) electrons. The number of ether oxygens (including phenoxy) is 2. The van der Waals surface area contributed by atoms with E-state index >= 15 is 0 Å². The number of rotatable bonds is 8. The lowest BCUT2D eigenvalue weighted by molar-refractivity contribution is 0.0363. The number of benzene rings is 2. The summed E-state index contributed by atoms with van der Waals surface area (Å²) in [6, 6.07) is 14.7. The average Bonchev–Trinajstić information content (AvgIpc) is 3.26. The van der Waals surface area contributed by atoms with Gasteiger partial charge in [0.25, 0.3) is 0 Å². The first kappa shape index (κ1) is 24.6. The summed E-state index contributed by atoms with van der Waals surface area (Å²) in [5, 5.41) is 2.08. The van der Waals surface area contributed by atoms with Crippen molar-refractivity contribution in [2.75, 3.05) is 54.1 Å². The van der Waals surface area contributed by atoms with E-state index in [4.69, 9.17) is 14.5 Å². The third-order valence-electron chi connectivity index (χ3n) is 5.77. The highest BCUT2D eigenvalue weighted by Crippen LogP contribution is 2.24. The van der Waals surface area contributed by atoms with Crippen LogP contribution >= 0.6 is 11.3 Å². The van der Waals surface area contributed by atoms with Crippen molar-refractivity contribution in [2.24, 2.45) is 4.99 Å². The first-order chi connectivity index (χ1) is 16.4. The maximum Gasteiger partial charge on any atom is 0.242 e. The first-order valence-electron chi connectivity index (χ1n) is 11.1. The minimum atomic E-state index is -3.47. The van der Waals surface area contributed by atoms with Crippen LogP contribution in [0.4, 0.5) is 5.69 Å². The molecule has 2 aromatic carbocycles. The molecule has 8 nitrogen and oxygen atoms in total. The van der Waals surface area contributed by atoms with Crippen LogP contribution in [0.1, 0.15) is 0 Å². The molecule has 1 aliphatic rings. The molecular weight excluding hydrogens is 472 g/mol. The maximum absolute atomic E-state index is 12.5. The number of nitrogens with zero attached hydrogens (tertiary/aromatic N) is 4. The maximum atomic E-state index is 12.5. The van der Waals surface area contributed by atoms with Gasteiger partial charge in [-0.1, -0.05) is 12.1 Å². The van der Waals surface area contributed by atoms with Gasteiger partial charge in [0.2, 0.25) is 10.0 Å². The lowest BCUT2D eigenvalue weighted by Gasteiger charge is -2.26. The Labute approximate surface area is 204 Å². The van der Waals surface area contributed by atoms with E-state index in [2.05, 4.69) is 14.8 Å². The molecule has 182 valence electrons. The van der Waals surface area contributed by atoms with Gasteiger partial charge in [-0.05, 0) is 42.0 Å². The van der Waals surface area contributed by atoms with Crippen molar-refractivity contribution < 1.29 is 17.9 Å². The zero-order valence-electron chi connectivity index (χ0n) is 19.7. The molecule has 1 aromatic heterocycles. The molecule has 0 bridgehead atoms. The lowest BCUT2D eigenvalue weighted by Crippen LogP contribution is -2.39. The molecule has 3 aromatic rings. The molecule has 0 unspecified atom stereocenters. The molecule has 34 heavy (non-hydrogen) atoms. The van der Waals surface area contributed by atoms with Gasteiger partial charge in [-0.15, -0.1) is 11.3 Å². The van der Waals surface area contributed by atoms with Crippen molar-refractivity contribution in [3.05, 3.63) is 58.7 Å². The van der Waals surface area contributed by atoms with Crippen LogP contribution in [-0.4, -0.2) is 76.2 Å². The molecule has 1 fully saturated rings. The van der Waals surface area contributed by atoms with E-state index in [1.807, 2.05) is 36.4 Å². The Morgan fingerprint density at radius 1 is 1.03 bits per heavy atom. The Balaban J connectivity index is 1.69. The number of thiazole rings is 1. The highest BCUT2D eigenvalue weighted by atomic mass is 32.2. The molecule has 0 amide bonds. The summed E-state index contributed by atoms with van der Waals surface area (Å²) in [7, 11) is 1.25. The van der Waals surface area contributed by atoms with E-state index in [-0.39, 0.29) is 4.90 Å². The van der Waals surface area contributed by atoms with Crippen molar-refractivity contribution in [3.8, 4) is 17.0 Å². The average molecular weight is 503 g/mol. The first-order valence-corrected chi connectivity index (χ1v) is 13.4. The standard InChI is InChI=1S/C24H30N4O4S2/c1-26(2)34(29,30)22-10-4-19(5-11-22)23-18-33-24(25-20-6-8-21(31-3)9-7-20)28(23)13-12-27-14-16-32-17-15-27/h4-11,18H,12-17H2,1-3H3. The Morgan fingerprint density at radius 2 is 1.71 bits per heavy atom. The van der Waals surface area contributed by atoms with Gasteiger partial charge in [-0.2, -0.15) is 0 Å². The number of morpholine rings is 1. The fourth-order valence-electron chi connectivity index (χ4n) is 3.71. The molecule has 0 saturated carbocycles. The number of sulfonamides is 1. The zero-order valence-corrected chi connectivity index (χ0v) is 21.3. The normalized spacial score (nSPS) is 15.7. The van der Waals surface area contributed by atoms with Crippen LogP contribution in [0, 0.1) is 0 Å². The summed E-state index contributed by atoms with van der Waals surface area (Å²) in [4.78, 5) is 8.44. The molecule has 0 aliphatic carbocycles. The van der Waals surface area contributed by atoms with Crippen LogP contribution < -0.4 is 9.54 Å². The van der Waals surface area contributed by atoms with Crippen LogP contribution in [0.5, 0.6) is 5.75 Å². The van der Waals surface area contributed by atoms with Crippen molar-refractivity contribution in [3.63, 3.8) is 0 Å². The fourth-order valence-corrected chi connectivity index (χ4v) is 5.56. The Kier molecular flexibility index (Phi) is 7.84. The Morgan fingerprint density at radius 3 is 2.32 bits per heavy atom. The van der Waals surface area contributed by atoms with E-state index in [9.17, 15) is 8.42 Å². The van der Waals surface area contributed by atoms with E-state index in [1.54, 1.807) is 30.6 Å². The molecule has 4 rings (SSSR count). The topological polar surface area (TPSA) is 76.4 Å². The summed E-state index contributed by atoms with van der Waals surface area (Å²) in [5.74, 6) is 0.791. The van der Waals surface area contributed by atoms with Crippen molar-refractivity contribution in [2.45, 2.75) is 11.4 Å². The summed E-state index contributed by atoms with van der Waals surface area (Å²) in [6.45, 7) is 5.00. The van der Waals surface area contributed by atoms with Crippen molar-refractivity contribution in [1.29, 1.82) is 0 Å². The summed E-state index contributed by atoms with van der Waals surface area (Å²) in [5.41, 5.74) is 2.81. The third-order valence-corrected chi connectivity index (χ3v) is 8.46. The number of methoxy groups -OCH3 is 1. The summed E-state index contributed by atoms with van der Waals surface area (Å²) >= 11 is 1.57. The van der Waals surface area contributed by atoms with Crippen LogP contribution in [0.15, 0.2) is 63.8 Å². The van der Waals surface area contributed by atoms with E-state index in [0.717, 1.165) is 66.9 Å². The lowest BCUT2D eigenvalue weighted by atomic mass is 10.2. The van der Waals surface area contributed by atoms with Gasteiger partial charge in [0.1, 0.15) is 5.75 Å². The quantitative estimate of drug-likeness (QED) is 0.473. The second-order valence-corrected chi connectivity index (χ2v) is 11.1. The molecule has 10 heteroatoms. The van der Waals surface area contributed by atoms with E-state index in [0.29, 0.717) is 0 Å². The van der Waals surface area contributed by atoms with Gasteiger partial charge >= 0.3 is 0 Å². The highest BCUT2D eigenvalue weighted by Gasteiger charge is 2.18. The van der Waals surface area contributed by atoms with E-state index < -0.39 is 10.0 Å². The molecule has 0 atom stereocenters. The number of aromatic nitrogens is 1. The predicted molar refractivity (Wildman–Crippen MR) is 134 cm³/mol.